The predicted molar refractivity (Wildman–Crippen MR) is 142 cm³/mol. The molecule has 1 fully saturated rings. The molecule has 2 amide bonds. The van der Waals surface area contributed by atoms with Gasteiger partial charge in [-0.1, -0.05) is 42.5 Å². The average Bonchev–Trinajstić information content (AvgIpc) is 2.94. The molecule has 5 rings (SSSR count). The Kier molecular flexibility index (Phi) is 7.31. The number of para-hydroxylation sites is 2. The SMILES string of the molecule is O=C(NC1CCN(C(=O)c2ccnc(Nc3ccccc3)n2)CC1)c1cccc(Nc2ccccc2)n1. The van der Waals surface area contributed by atoms with Gasteiger partial charge in [-0.3, -0.25) is 9.59 Å². The molecular weight excluding hydrogens is 466 g/mol. The fraction of sp³-hybridized carbons (Fsp3) is 0.179. The van der Waals surface area contributed by atoms with E-state index in [-0.39, 0.29) is 17.9 Å². The Labute approximate surface area is 215 Å². The maximum absolute atomic E-state index is 13.0. The number of aromatic nitrogens is 3. The summed E-state index contributed by atoms with van der Waals surface area (Å²) in [5.74, 6) is 0.597. The molecule has 9 heteroatoms. The molecule has 0 spiro atoms. The van der Waals surface area contributed by atoms with E-state index in [2.05, 4.69) is 30.9 Å². The highest BCUT2D eigenvalue weighted by Gasteiger charge is 2.26. The van der Waals surface area contributed by atoms with E-state index in [4.69, 9.17) is 0 Å². The number of hydrogen-bond acceptors (Lipinski definition) is 7. The number of pyridine rings is 1. The van der Waals surface area contributed by atoms with Crippen molar-refractivity contribution in [2.45, 2.75) is 18.9 Å². The van der Waals surface area contributed by atoms with Gasteiger partial charge in [0.15, 0.2) is 0 Å². The van der Waals surface area contributed by atoms with Crippen molar-refractivity contribution < 1.29 is 9.59 Å². The molecule has 186 valence electrons. The van der Waals surface area contributed by atoms with Crippen LogP contribution in [-0.2, 0) is 0 Å². The summed E-state index contributed by atoms with van der Waals surface area (Å²) in [5.41, 5.74) is 2.43. The number of carbonyl (C=O) groups is 2. The standard InChI is InChI=1S/C28H27N7O2/c36-26(23-12-7-13-25(33-23)30-20-8-3-1-4-9-20)31-22-15-18-35(19-16-22)27(37)24-14-17-29-28(34-24)32-21-10-5-2-6-11-21/h1-14,17,22H,15-16,18-19H2,(H,30,33)(H,31,36)(H,29,32,34). The molecule has 9 nitrogen and oxygen atoms in total. The lowest BCUT2D eigenvalue weighted by atomic mass is 10.0. The van der Waals surface area contributed by atoms with Crippen molar-refractivity contribution in [2.24, 2.45) is 0 Å². The molecule has 2 aromatic heterocycles. The molecule has 3 heterocycles. The third-order valence-corrected chi connectivity index (χ3v) is 6.05. The largest absolute Gasteiger partial charge is 0.348 e. The lowest BCUT2D eigenvalue weighted by molar-refractivity contribution is 0.0692. The minimum Gasteiger partial charge on any atom is -0.348 e. The summed E-state index contributed by atoms with van der Waals surface area (Å²) in [7, 11) is 0. The minimum atomic E-state index is -0.228. The first kappa shape index (κ1) is 23.9. The molecule has 0 atom stereocenters. The molecule has 0 radical (unpaired) electrons. The highest BCUT2D eigenvalue weighted by molar-refractivity contribution is 5.93. The van der Waals surface area contributed by atoms with Crippen LogP contribution in [0.5, 0.6) is 0 Å². The Balaban J connectivity index is 1.14. The Bertz CT molecular complexity index is 1360. The molecule has 1 aliphatic heterocycles. The molecule has 1 aliphatic rings. The van der Waals surface area contributed by atoms with Crippen molar-refractivity contribution >= 4 is 35.0 Å². The van der Waals surface area contributed by atoms with Gasteiger partial charge in [0.2, 0.25) is 5.95 Å². The van der Waals surface area contributed by atoms with Crippen molar-refractivity contribution in [3.8, 4) is 0 Å². The van der Waals surface area contributed by atoms with Crippen LogP contribution in [0.15, 0.2) is 91.1 Å². The van der Waals surface area contributed by atoms with Gasteiger partial charge >= 0.3 is 0 Å². The molecular formula is C28H27N7O2. The van der Waals surface area contributed by atoms with Crippen LogP contribution in [0.4, 0.5) is 23.1 Å². The van der Waals surface area contributed by atoms with E-state index in [1.807, 2.05) is 66.7 Å². The fourth-order valence-electron chi connectivity index (χ4n) is 4.14. The first-order valence-corrected chi connectivity index (χ1v) is 12.2. The number of piperidine rings is 1. The van der Waals surface area contributed by atoms with Crippen LogP contribution in [0, 0.1) is 0 Å². The van der Waals surface area contributed by atoms with E-state index in [1.165, 1.54) is 0 Å². The van der Waals surface area contributed by atoms with Gasteiger partial charge in [0.1, 0.15) is 17.2 Å². The Morgan fingerprint density at radius 1 is 0.730 bits per heavy atom. The Morgan fingerprint density at radius 2 is 1.41 bits per heavy atom. The summed E-state index contributed by atoms with van der Waals surface area (Å²) < 4.78 is 0. The number of nitrogens with zero attached hydrogens (tertiary/aromatic N) is 4. The van der Waals surface area contributed by atoms with Crippen molar-refractivity contribution in [1.29, 1.82) is 0 Å². The first-order valence-electron chi connectivity index (χ1n) is 12.2. The number of likely N-dealkylation sites (tertiary alicyclic amines) is 1. The van der Waals surface area contributed by atoms with Gasteiger partial charge in [-0.25, -0.2) is 15.0 Å². The van der Waals surface area contributed by atoms with Gasteiger partial charge in [-0.15, -0.1) is 0 Å². The van der Waals surface area contributed by atoms with E-state index in [9.17, 15) is 9.59 Å². The average molecular weight is 494 g/mol. The Hall–Kier alpha value is -4.79. The van der Waals surface area contributed by atoms with Crippen LogP contribution in [0.3, 0.4) is 0 Å². The van der Waals surface area contributed by atoms with Crippen LogP contribution in [0.1, 0.15) is 33.8 Å². The van der Waals surface area contributed by atoms with Crippen LogP contribution in [-0.4, -0.2) is 50.8 Å². The number of amides is 2. The summed E-state index contributed by atoms with van der Waals surface area (Å²) in [6.45, 7) is 1.05. The van der Waals surface area contributed by atoms with Crippen LogP contribution in [0.2, 0.25) is 0 Å². The first-order chi connectivity index (χ1) is 18.1. The van der Waals surface area contributed by atoms with Crippen molar-refractivity contribution in [1.82, 2.24) is 25.2 Å². The predicted octanol–water partition coefficient (Wildman–Crippen LogP) is 4.39. The Morgan fingerprint density at radius 3 is 2.11 bits per heavy atom. The lowest BCUT2D eigenvalue weighted by Gasteiger charge is -2.32. The smallest absolute Gasteiger partial charge is 0.272 e. The van der Waals surface area contributed by atoms with Crippen molar-refractivity contribution in [2.75, 3.05) is 23.7 Å². The van der Waals surface area contributed by atoms with Crippen LogP contribution >= 0.6 is 0 Å². The molecule has 4 aromatic rings. The molecule has 0 saturated carbocycles. The van der Waals surface area contributed by atoms with Crippen LogP contribution < -0.4 is 16.0 Å². The maximum Gasteiger partial charge on any atom is 0.272 e. The van der Waals surface area contributed by atoms with E-state index in [0.29, 0.717) is 49.1 Å². The van der Waals surface area contributed by atoms with Gasteiger partial charge in [-0.05, 0) is 55.3 Å². The summed E-state index contributed by atoms with van der Waals surface area (Å²) >= 11 is 0. The third-order valence-electron chi connectivity index (χ3n) is 6.05. The molecule has 0 bridgehead atoms. The quantitative estimate of drug-likeness (QED) is 0.350. The van der Waals surface area contributed by atoms with Gasteiger partial charge < -0.3 is 20.9 Å². The molecule has 1 saturated heterocycles. The van der Waals surface area contributed by atoms with E-state index < -0.39 is 0 Å². The highest BCUT2D eigenvalue weighted by atomic mass is 16.2. The second-order valence-corrected chi connectivity index (χ2v) is 8.70. The summed E-state index contributed by atoms with van der Waals surface area (Å²) in [6, 6.07) is 26.1. The number of carbonyl (C=O) groups excluding carboxylic acids is 2. The van der Waals surface area contributed by atoms with Crippen molar-refractivity contribution in [3.63, 3.8) is 0 Å². The summed E-state index contributed by atoms with van der Waals surface area (Å²) in [6.07, 6.45) is 2.88. The molecule has 0 unspecified atom stereocenters. The summed E-state index contributed by atoms with van der Waals surface area (Å²) in [4.78, 5) is 40.7. The second-order valence-electron chi connectivity index (χ2n) is 8.70. The van der Waals surface area contributed by atoms with Crippen LogP contribution in [0.25, 0.3) is 0 Å². The summed E-state index contributed by atoms with van der Waals surface area (Å²) in [5, 5.41) is 9.38. The molecule has 37 heavy (non-hydrogen) atoms. The third kappa shape index (κ3) is 6.26. The zero-order valence-corrected chi connectivity index (χ0v) is 20.2. The topological polar surface area (TPSA) is 112 Å². The zero-order valence-electron chi connectivity index (χ0n) is 20.2. The van der Waals surface area contributed by atoms with Crippen molar-refractivity contribution in [3.05, 3.63) is 103 Å². The van der Waals surface area contributed by atoms with Gasteiger partial charge in [0, 0.05) is 36.7 Å². The zero-order chi connectivity index (χ0) is 25.5. The monoisotopic (exact) mass is 493 g/mol. The van der Waals surface area contributed by atoms with Gasteiger partial charge in [0.25, 0.3) is 11.8 Å². The number of nitrogens with one attached hydrogen (secondary N) is 3. The number of hydrogen-bond donors (Lipinski definition) is 3. The maximum atomic E-state index is 13.0. The number of rotatable bonds is 7. The van der Waals surface area contributed by atoms with Gasteiger partial charge in [0.05, 0.1) is 0 Å². The van der Waals surface area contributed by atoms with E-state index in [0.717, 1.165) is 11.4 Å². The van der Waals surface area contributed by atoms with Gasteiger partial charge in [-0.2, -0.15) is 0 Å². The fourth-order valence-corrected chi connectivity index (χ4v) is 4.14. The number of anilines is 4. The molecule has 2 aromatic carbocycles. The molecule has 3 N–H and O–H groups in total. The molecule has 0 aliphatic carbocycles. The highest BCUT2D eigenvalue weighted by Crippen LogP contribution is 2.17. The number of benzene rings is 2. The van der Waals surface area contributed by atoms with E-state index >= 15 is 0 Å². The second kappa shape index (κ2) is 11.3. The lowest BCUT2D eigenvalue weighted by Crippen LogP contribution is -2.46. The normalized spacial score (nSPS) is 13.6. The minimum absolute atomic E-state index is 0.0372. The van der Waals surface area contributed by atoms with E-state index in [1.54, 1.807) is 29.3 Å².